The van der Waals surface area contributed by atoms with Crippen LogP contribution in [0.4, 0.5) is 4.79 Å². The zero-order valence-electron chi connectivity index (χ0n) is 11.2. The van der Waals surface area contributed by atoms with Crippen LogP contribution in [0.2, 0.25) is 0 Å². The fraction of sp³-hybridized carbons (Fsp3) is 0.462. The first kappa shape index (κ1) is 14.4. The molecule has 1 aromatic rings. The van der Waals surface area contributed by atoms with E-state index in [1.807, 2.05) is 18.3 Å². The fourth-order valence-corrected chi connectivity index (χ4v) is 2.36. The lowest BCUT2D eigenvalue weighted by molar-refractivity contribution is -0.120. The number of nitrogens with one attached hydrogen (secondary N) is 2. The predicted molar refractivity (Wildman–Crippen MR) is 73.8 cm³/mol. The molecule has 7 heteroatoms. The molecule has 0 radical (unpaired) electrons. The highest BCUT2D eigenvalue weighted by molar-refractivity contribution is 5.93. The molecule has 108 valence electrons. The van der Waals surface area contributed by atoms with Crippen LogP contribution >= 0.6 is 0 Å². The van der Waals surface area contributed by atoms with E-state index in [0.29, 0.717) is 6.54 Å². The molecule has 1 aliphatic heterocycles. The van der Waals surface area contributed by atoms with E-state index in [4.69, 9.17) is 5.73 Å². The number of primary amides is 1. The van der Waals surface area contributed by atoms with Crippen LogP contribution in [-0.2, 0) is 4.79 Å². The first-order chi connectivity index (χ1) is 9.66. The molecule has 1 saturated heterocycles. The summed E-state index contributed by atoms with van der Waals surface area (Å²) in [4.78, 5) is 28.4. The molecular formula is C13H19N5O2. The Hall–Kier alpha value is -1.99. The lowest BCUT2D eigenvalue weighted by Gasteiger charge is -2.36. The second-order valence-electron chi connectivity index (χ2n) is 4.70. The monoisotopic (exact) mass is 277 g/mol. The maximum absolute atomic E-state index is 11.5. The number of amides is 3. The molecule has 0 saturated carbocycles. The van der Waals surface area contributed by atoms with Gasteiger partial charge in [0.15, 0.2) is 0 Å². The summed E-state index contributed by atoms with van der Waals surface area (Å²) >= 11 is 0. The maximum Gasteiger partial charge on any atom is 0.318 e. The van der Waals surface area contributed by atoms with E-state index in [2.05, 4.69) is 20.5 Å². The SMILES string of the molecule is NC(=O)NC(=O)CCN1CCNCC1c1cccnc1. The Morgan fingerprint density at radius 2 is 2.40 bits per heavy atom. The Morgan fingerprint density at radius 1 is 1.55 bits per heavy atom. The third-order valence-corrected chi connectivity index (χ3v) is 3.31. The van der Waals surface area contributed by atoms with Gasteiger partial charge in [0.25, 0.3) is 0 Å². The van der Waals surface area contributed by atoms with Crippen molar-refractivity contribution in [2.45, 2.75) is 12.5 Å². The number of aromatic nitrogens is 1. The van der Waals surface area contributed by atoms with Crippen LogP contribution in [0.3, 0.4) is 0 Å². The van der Waals surface area contributed by atoms with Gasteiger partial charge in [0.2, 0.25) is 5.91 Å². The molecule has 2 rings (SSSR count). The van der Waals surface area contributed by atoms with E-state index in [0.717, 1.165) is 25.2 Å². The zero-order valence-corrected chi connectivity index (χ0v) is 11.2. The van der Waals surface area contributed by atoms with Gasteiger partial charge in [-0.15, -0.1) is 0 Å². The molecule has 0 bridgehead atoms. The van der Waals surface area contributed by atoms with Crippen molar-refractivity contribution in [2.24, 2.45) is 5.73 Å². The van der Waals surface area contributed by atoms with E-state index < -0.39 is 6.03 Å². The molecule has 0 aromatic carbocycles. The normalized spacial score (nSPS) is 19.5. The Balaban J connectivity index is 1.94. The minimum atomic E-state index is -0.806. The van der Waals surface area contributed by atoms with Crippen molar-refractivity contribution in [1.82, 2.24) is 20.5 Å². The van der Waals surface area contributed by atoms with Crippen molar-refractivity contribution in [1.29, 1.82) is 0 Å². The number of carbonyl (C=O) groups is 2. The van der Waals surface area contributed by atoms with Crippen molar-refractivity contribution in [3.63, 3.8) is 0 Å². The summed E-state index contributed by atoms with van der Waals surface area (Å²) < 4.78 is 0. The van der Waals surface area contributed by atoms with Gasteiger partial charge in [-0.25, -0.2) is 4.79 Å². The summed E-state index contributed by atoms with van der Waals surface area (Å²) in [5.41, 5.74) is 6.04. The molecule has 0 aliphatic carbocycles. The standard InChI is InChI=1S/C13H19N5O2/c14-13(20)17-12(19)3-6-18-7-5-16-9-11(18)10-2-1-4-15-8-10/h1-2,4,8,11,16H,3,5-7,9H2,(H3,14,17,19,20). The van der Waals surface area contributed by atoms with E-state index in [1.54, 1.807) is 6.20 Å². The average Bonchev–Trinajstić information content (AvgIpc) is 2.46. The van der Waals surface area contributed by atoms with Gasteiger partial charge in [-0.3, -0.25) is 20.0 Å². The molecule has 4 N–H and O–H groups in total. The van der Waals surface area contributed by atoms with Gasteiger partial charge >= 0.3 is 6.03 Å². The number of hydrogen-bond donors (Lipinski definition) is 3. The zero-order chi connectivity index (χ0) is 14.4. The molecule has 1 unspecified atom stereocenters. The number of rotatable bonds is 4. The molecular weight excluding hydrogens is 258 g/mol. The molecule has 2 heterocycles. The van der Waals surface area contributed by atoms with Crippen LogP contribution in [0, 0.1) is 0 Å². The van der Waals surface area contributed by atoms with Crippen molar-refractivity contribution >= 4 is 11.9 Å². The topological polar surface area (TPSA) is 100 Å². The van der Waals surface area contributed by atoms with Crippen molar-refractivity contribution in [2.75, 3.05) is 26.2 Å². The fourth-order valence-electron chi connectivity index (χ4n) is 2.36. The first-order valence-electron chi connectivity index (χ1n) is 6.61. The highest BCUT2D eigenvalue weighted by Gasteiger charge is 2.24. The van der Waals surface area contributed by atoms with Gasteiger partial charge in [0.1, 0.15) is 0 Å². The van der Waals surface area contributed by atoms with Crippen LogP contribution in [0.5, 0.6) is 0 Å². The van der Waals surface area contributed by atoms with Crippen molar-refractivity contribution < 1.29 is 9.59 Å². The lowest BCUT2D eigenvalue weighted by atomic mass is 10.1. The number of nitrogens with zero attached hydrogens (tertiary/aromatic N) is 2. The van der Waals surface area contributed by atoms with E-state index in [9.17, 15) is 9.59 Å². The Kier molecular flexibility index (Phi) is 5.03. The van der Waals surface area contributed by atoms with E-state index in [-0.39, 0.29) is 18.4 Å². The Bertz CT molecular complexity index is 465. The number of piperazine rings is 1. The number of urea groups is 1. The van der Waals surface area contributed by atoms with Gasteiger partial charge in [-0.1, -0.05) is 6.07 Å². The van der Waals surface area contributed by atoms with Crippen molar-refractivity contribution in [3.8, 4) is 0 Å². The van der Waals surface area contributed by atoms with Gasteiger partial charge in [0.05, 0.1) is 0 Å². The van der Waals surface area contributed by atoms with Crippen LogP contribution in [0.25, 0.3) is 0 Å². The predicted octanol–water partition coefficient (Wildman–Crippen LogP) is -0.387. The summed E-state index contributed by atoms with van der Waals surface area (Å²) in [7, 11) is 0. The summed E-state index contributed by atoms with van der Waals surface area (Å²) in [5, 5.41) is 5.42. The Morgan fingerprint density at radius 3 is 3.10 bits per heavy atom. The lowest BCUT2D eigenvalue weighted by Crippen LogP contribution is -2.47. The van der Waals surface area contributed by atoms with Gasteiger partial charge in [-0.2, -0.15) is 0 Å². The van der Waals surface area contributed by atoms with Crippen LogP contribution in [0.15, 0.2) is 24.5 Å². The van der Waals surface area contributed by atoms with Gasteiger partial charge in [-0.05, 0) is 11.6 Å². The maximum atomic E-state index is 11.5. The minimum Gasteiger partial charge on any atom is -0.351 e. The first-order valence-corrected chi connectivity index (χ1v) is 6.61. The summed E-state index contributed by atoms with van der Waals surface area (Å²) in [6, 6.07) is 3.32. The Labute approximate surface area is 117 Å². The molecule has 20 heavy (non-hydrogen) atoms. The van der Waals surface area contributed by atoms with Gasteiger partial charge in [0, 0.05) is 51.0 Å². The van der Waals surface area contributed by atoms with E-state index in [1.165, 1.54) is 0 Å². The quantitative estimate of drug-likeness (QED) is 0.696. The second-order valence-corrected chi connectivity index (χ2v) is 4.70. The number of imide groups is 1. The molecule has 1 fully saturated rings. The second kappa shape index (κ2) is 6.97. The molecule has 0 spiro atoms. The summed E-state index contributed by atoms with van der Waals surface area (Å²) in [6.07, 6.45) is 3.83. The third-order valence-electron chi connectivity index (χ3n) is 3.31. The molecule has 1 aromatic heterocycles. The molecule has 1 atom stereocenters. The van der Waals surface area contributed by atoms with Crippen LogP contribution in [-0.4, -0.2) is 48.0 Å². The largest absolute Gasteiger partial charge is 0.351 e. The van der Waals surface area contributed by atoms with Gasteiger partial charge < -0.3 is 11.1 Å². The summed E-state index contributed by atoms with van der Waals surface area (Å²) in [5.74, 6) is -0.346. The van der Waals surface area contributed by atoms with Crippen LogP contribution in [0.1, 0.15) is 18.0 Å². The highest BCUT2D eigenvalue weighted by atomic mass is 16.2. The smallest absolute Gasteiger partial charge is 0.318 e. The van der Waals surface area contributed by atoms with Crippen molar-refractivity contribution in [3.05, 3.63) is 30.1 Å². The number of hydrogen-bond acceptors (Lipinski definition) is 5. The summed E-state index contributed by atoms with van der Waals surface area (Å²) in [6.45, 7) is 3.14. The average molecular weight is 277 g/mol. The third kappa shape index (κ3) is 4.01. The minimum absolute atomic E-state index is 0.193. The van der Waals surface area contributed by atoms with E-state index >= 15 is 0 Å². The molecule has 7 nitrogen and oxygen atoms in total. The molecule has 1 aliphatic rings. The number of pyridine rings is 1. The number of carbonyl (C=O) groups excluding carboxylic acids is 2. The molecule has 3 amide bonds. The van der Waals surface area contributed by atoms with Crippen LogP contribution < -0.4 is 16.4 Å². The highest BCUT2D eigenvalue weighted by Crippen LogP contribution is 2.21. The number of nitrogens with two attached hydrogens (primary N) is 1.